The van der Waals surface area contributed by atoms with Crippen molar-refractivity contribution in [3.8, 4) is 0 Å². The smallest absolute Gasteiger partial charge is 0.0639 e. The molecule has 0 aromatic heterocycles. The summed E-state index contributed by atoms with van der Waals surface area (Å²) in [5.74, 6) is 0. The van der Waals surface area contributed by atoms with Gasteiger partial charge < -0.3 is 10.2 Å². The minimum atomic E-state index is 0.180. The standard InChI is InChI=1S/C15H23ClN2/c1-5-15(4)10-18(12(3)9-17-15)14-8-11(2)6-7-13(14)16/h6-8,12,17H,5,9-10H2,1-4H3. The first-order valence-corrected chi connectivity index (χ1v) is 7.11. The Morgan fingerprint density at radius 1 is 1.50 bits per heavy atom. The average molecular weight is 267 g/mol. The first-order valence-electron chi connectivity index (χ1n) is 6.73. The van der Waals surface area contributed by atoms with E-state index < -0.39 is 0 Å². The minimum Gasteiger partial charge on any atom is -0.364 e. The van der Waals surface area contributed by atoms with Crippen LogP contribution in [0, 0.1) is 6.92 Å². The Morgan fingerprint density at radius 3 is 2.89 bits per heavy atom. The van der Waals surface area contributed by atoms with Gasteiger partial charge in [-0.25, -0.2) is 0 Å². The first kappa shape index (κ1) is 13.7. The molecule has 2 atom stereocenters. The highest BCUT2D eigenvalue weighted by Gasteiger charge is 2.33. The maximum absolute atomic E-state index is 6.37. The zero-order valence-electron chi connectivity index (χ0n) is 11.8. The average Bonchev–Trinajstić information content (AvgIpc) is 2.36. The summed E-state index contributed by atoms with van der Waals surface area (Å²) < 4.78 is 0. The number of hydrogen-bond donors (Lipinski definition) is 1. The molecule has 2 nitrogen and oxygen atoms in total. The van der Waals surface area contributed by atoms with Crippen molar-refractivity contribution in [2.24, 2.45) is 0 Å². The van der Waals surface area contributed by atoms with Crippen LogP contribution in [0.2, 0.25) is 5.02 Å². The molecule has 1 heterocycles. The minimum absolute atomic E-state index is 0.180. The van der Waals surface area contributed by atoms with Gasteiger partial charge in [0.2, 0.25) is 0 Å². The Kier molecular flexibility index (Phi) is 3.88. The van der Waals surface area contributed by atoms with Gasteiger partial charge in [-0.2, -0.15) is 0 Å². The second kappa shape index (κ2) is 5.10. The third kappa shape index (κ3) is 2.65. The van der Waals surface area contributed by atoms with Crippen LogP contribution in [-0.2, 0) is 0 Å². The molecule has 2 rings (SSSR count). The molecule has 3 heteroatoms. The fourth-order valence-corrected chi connectivity index (χ4v) is 2.72. The quantitative estimate of drug-likeness (QED) is 0.880. The molecule has 0 amide bonds. The third-order valence-corrected chi connectivity index (χ3v) is 4.39. The van der Waals surface area contributed by atoms with E-state index in [4.69, 9.17) is 11.6 Å². The molecule has 0 aliphatic carbocycles. The Morgan fingerprint density at radius 2 is 2.22 bits per heavy atom. The van der Waals surface area contributed by atoms with E-state index in [1.807, 2.05) is 6.07 Å². The molecule has 0 saturated carbocycles. The number of aryl methyl sites for hydroxylation is 1. The number of anilines is 1. The lowest BCUT2D eigenvalue weighted by Gasteiger charge is -2.46. The zero-order valence-corrected chi connectivity index (χ0v) is 12.5. The molecule has 1 aliphatic heterocycles. The monoisotopic (exact) mass is 266 g/mol. The van der Waals surface area contributed by atoms with Gasteiger partial charge in [0.05, 0.1) is 10.7 Å². The van der Waals surface area contributed by atoms with Crippen LogP contribution in [-0.4, -0.2) is 24.7 Å². The molecular weight excluding hydrogens is 244 g/mol. The van der Waals surface area contributed by atoms with Gasteiger partial charge in [-0.3, -0.25) is 0 Å². The largest absolute Gasteiger partial charge is 0.364 e. The first-order chi connectivity index (χ1) is 8.45. The number of rotatable bonds is 2. The van der Waals surface area contributed by atoms with Gasteiger partial charge in [-0.05, 0) is 44.9 Å². The van der Waals surface area contributed by atoms with Crippen molar-refractivity contribution in [3.05, 3.63) is 28.8 Å². The highest BCUT2D eigenvalue weighted by molar-refractivity contribution is 6.33. The molecule has 1 aromatic carbocycles. The summed E-state index contributed by atoms with van der Waals surface area (Å²) in [5, 5.41) is 4.50. The van der Waals surface area contributed by atoms with E-state index in [-0.39, 0.29) is 5.54 Å². The fourth-order valence-electron chi connectivity index (χ4n) is 2.49. The molecule has 0 radical (unpaired) electrons. The van der Waals surface area contributed by atoms with Crippen LogP contribution < -0.4 is 10.2 Å². The van der Waals surface area contributed by atoms with E-state index in [1.165, 1.54) is 11.3 Å². The SMILES string of the molecule is CCC1(C)CN(c2cc(C)ccc2Cl)C(C)CN1. The van der Waals surface area contributed by atoms with Crippen LogP contribution >= 0.6 is 11.6 Å². The fraction of sp³-hybridized carbons (Fsp3) is 0.600. The van der Waals surface area contributed by atoms with Crippen molar-refractivity contribution in [3.63, 3.8) is 0 Å². The second-order valence-corrected chi connectivity index (χ2v) is 6.13. The maximum Gasteiger partial charge on any atom is 0.0639 e. The van der Waals surface area contributed by atoms with Gasteiger partial charge in [-0.1, -0.05) is 24.6 Å². The molecule has 0 spiro atoms. The Labute approximate surface area is 115 Å². The number of nitrogens with zero attached hydrogens (tertiary/aromatic N) is 1. The topological polar surface area (TPSA) is 15.3 Å². The van der Waals surface area contributed by atoms with Crippen molar-refractivity contribution in [1.82, 2.24) is 5.32 Å². The van der Waals surface area contributed by atoms with Crippen molar-refractivity contribution < 1.29 is 0 Å². The van der Waals surface area contributed by atoms with Crippen LogP contribution in [0.4, 0.5) is 5.69 Å². The van der Waals surface area contributed by atoms with Crippen molar-refractivity contribution >= 4 is 17.3 Å². The highest BCUT2D eigenvalue weighted by atomic mass is 35.5. The van der Waals surface area contributed by atoms with Gasteiger partial charge in [0, 0.05) is 24.7 Å². The molecule has 18 heavy (non-hydrogen) atoms. The van der Waals surface area contributed by atoms with Crippen LogP contribution in [0.3, 0.4) is 0 Å². The van der Waals surface area contributed by atoms with E-state index in [2.05, 4.69) is 50.0 Å². The normalized spacial score (nSPS) is 28.5. The summed E-state index contributed by atoms with van der Waals surface area (Å²) in [6.07, 6.45) is 1.12. The van der Waals surface area contributed by atoms with Crippen molar-refractivity contribution in [2.75, 3.05) is 18.0 Å². The Balaban J connectivity index is 2.32. The molecule has 1 saturated heterocycles. The van der Waals surface area contributed by atoms with Crippen LogP contribution in [0.15, 0.2) is 18.2 Å². The van der Waals surface area contributed by atoms with E-state index >= 15 is 0 Å². The van der Waals surface area contributed by atoms with E-state index in [0.717, 1.165) is 24.5 Å². The number of benzene rings is 1. The van der Waals surface area contributed by atoms with E-state index in [0.29, 0.717) is 6.04 Å². The van der Waals surface area contributed by atoms with Gasteiger partial charge in [0.25, 0.3) is 0 Å². The lowest BCUT2D eigenvalue weighted by Crippen LogP contribution is -2.62. The molecule has 1 aromatic rings. The van der Waals surface area contributed by atoms with Crippen LogP contribution in [0.5, 0.6) is 0 Å². The summed E-state index contributed by atoms with van der Waals surface area (Å²) in [6.45, 7) is 10.9. The second-order valence-electron chi connectivity index (χ2n) is 5.73. The summed E-state index contributed by atoms with van der Waals surface area (Å²) in [6, 6.07) is 6.74. The number of halogens is 1. The van der Waals surface area contributed by atoms with Gasteiger partial charge >= 0.3 is 0 Å². The number of piperazine rings is 1. The Bertz CT molecular complexity index is 433. The van der Waals surface area contributed by atoms with E-state index in [1.54, 1.807) is 0 Å². The molecular formula is C15H23ClN2. The third-order valence-electron chi connectivity index (χ3n) is 4.07. The summed E-state index contributed by atoms with van der Waals surface area (Å²) >= 11 is 6.37. The number of nitrogens with one attached hydrogen (secondary N) is 1. The lowest BCUT2D eigenvalue weighted by molar-refractivity contribution is 0.285. The van der Waals surface area contributed by atoms with Gasteiger partial charge in [0.15, 0.2) is 0 Å². The molecule has 2 unspecified atom stereocenters. The molecule has 1 N–H and O–H groups in total. The van der Waals surface area contributed by atoms with Crippen molar-refractivity contribution in [1.29, 1.82) is 0 Å². The predicted molar refractivity (Wildman–Crippen MR) is 79.7 cm³/mol. The molecule has 0 bridgehead atoms. The van der Waals surface area contributed by atoms with Crippen molar-refractivity contribution in [2.45, 2.75) is 45.7 Å². The summed E-state index contributed by atoms with van der Waals surface area (Å²) in [5.41, 5.74) is 2.61. The highest BCUT2D eigenvalue weighted by Crippen LogP contribution is 2.31. The van der Waals surface area contributed by atoms with Gasteiger partial charge in [0.1, 0.15) is 0 Å². The maximum atomic E-state index is 6.37. The van der Waals surface area contributed by atoms with Crippen LogP contribution in [0.1, 0.15) is 32.8 Å². The molecule has 100 valence electrons. The number of hydrogen-bond acceptors (Lipinski definition) is 2. The molecule has 1 fully saturated rings. The summed E-state index contributed by atoms with van der Waals surface area (Å²) in [7, 11) is 0. The van der Waals surface area contributed by atoms with Gasteiger partial charge in [-0.15, -0.1) is 0 Å². The summed E-state index contributed by atoms with van der Waals surface area (Å²) in [4.78, 5) is 2.44. The predicted octanol–water partition coefficient (Wildman–Crippen LogP) is 3.62. The molecule has 1 aliphatic rings. The lowest BCUT2D eigenvalue weighted by atomic mass is 9.93. The zero-order chi connectivity index (χ0) is 13.3. The van der Waals surface area contributed by atoms with Crippen LogP contribution in [0.25, 0.3) is 0 Å². The Hall–Kier alpha value is -0.730. The van der Waals surface area contributed by atoms with E-state index in [9.17, 15) is 0 Å².